The summed E-state index contributed by atoms with van der Waals surface area (Å²) in [5.74, 6) is 0.545. The Hall–Kier alpha value is -2.91. The van der Waals surface area contributed by atoms with Gasteiger partial charge in [0.25, 0.3) is 5.91 Å². The summed E-state index contributed by atoms with van der Waals surface area (Å²) in [6, 6.07) is 27.8. The van der Waals surface area contributed by atoms with E-state index >= 15 is 0 Å². The second kappa shape index (κ2) is 10.4. The van der Waals surface area contributed by atoms with E-state index in [2.05, 4.69) is 34.9 Å². The van der Waals surface area contributed by atoms with Crippen LogP contribution in [0.15, 0.2) is 78.9 Å². The first kappa shape index (κ1) is 21.9. The average molecular weight is 439 g/mol. The maximum absolute atomic E-state index is 12.7. The molecule has 0 aliphatic heterocycles. The van der Waals surface area contributed by atoms with Crippen LogP contribution in [0.4, 0.5) is 5.69 Å². The van der Waals surface area contributed by atoms with Gasteiger partial charge in [0, 0.05) is 29.3 Å². The standard InChI is InChI=1S/C30H34N2O/c33-30(25-15-13-23(14-16-25)22-9-5-4-6-10-22)32-27-19-17-24(18-20-27)28-21-29(28)31-26-11-7-2-1-3-8-12-26/h4-6,9-10,13-20,26,28-29,31H,1-3,7-8,11-12,21H2,(H,32,33)/t28-,29+/m0/s1. The predicted molar refractivity (Wildman–Crippen MR) is 137 cm³/mol. The van der Waals surface area contributed by atoms with E-state index in [-0.39, 0.29) is 5.91 Å². The third kappa shape index (κ3) is 5.72. The number of benzene rings is 3. The molecule has 0 heterocycles. The van der Waals surface area contributed by atoms with E-state index in [1.165, 1.54) is 56.9 Å². The predicted octanol–water partition coefficient (Wildman–Crippen LogP) is 7.16. The van der Waals surface area contributed by atoms with Gasteiger partial charge in [-0.1, -0.05) is 86.7 Å². The molecule has 0 aromatic heterocycles. The summed E-state index contributed by atoms with van der Waals surface area (Å²) < 4.78 is 0. The fourth-order valence-corrected chi connectivity index (χ4v) is 5.13. The molecule has 2 aliphatic rings. The van der Waals surface area contributed by atoms with Gasteiger partial charge in [-0.25, -0.2) is 0 Å². The van der Waals surface area contributed by atoms with Crippen molar-refractivity contribution in [3.8, 4) is 11.1 Å². The van der Waals surface area contributed by atoms with E-state index < -0.39 is 0 Å². The van der Waals surface area contributed by atoms with Gasteiger partial charge in [0.05, 0.1) is 0 Å². The van der Waals surface area contributed by atoms with Gasteiger partial charge in [-0.05, 0) is 60.2 Å². The van der Waals surface area contributed by atoms with Crippen LogP contribution in [0.3, 0.4) is 0 Å². The molecule has 0 radical (unpaired) electrons. The second-order valence-electron chi connectivity index (χ2n) is 9.68. The molecule has 0 bridgehead atoms. The summed E-state index contributed by atoms with van der Waals surface area (Å²) in [4.78, 5) is 12.7. The monoisotopic (exact) mass is 438 g/mol. The Morgan fingerprint density at radius 3 is 2.03 bits per heavy atom. The Labute approximate surface area is 197 Å². The molecule has 3 aromatic carbocycles. The Bertz CT molecular complexity index is 1030. The van der Waals surface area contributed by atoms with Crippen molar-refractivity contribution >= 4 is 11.6 Å². The van der Waals surface area contributed by atoms with Crippen molar-refractivity contribution in [1.82, 2.24) is 5.32 Å². The Kier molecular flexibility index (Phi) is 6.87. The molecule has 2 N–H and O–H groups in total. The number of hydrogen-bond acceptors (Lipinski definition) is 2. The maximum Gasteiger partial charge on any atom is 0.255 e. The lowest BCUT2D eigenvalue weighted by Gasteiger charge is -2.21. The van der Waals surface area contributed by atoms with Crippen molar-refractivity contribution in [2.75, 3.05) is 5.32 Å². The zero-order valence-corrected chi connectivity index (χ0v) is 19.3. The van der Waals surface area contributed by atoms with Crippen LogP contribution in [-0.4, -0.2) is 18.0 Å². The molecule has 2 fully saturated rings. The largest absolute Gasteiger partial charge is 0.322 e. The molecule has 5 rings (SSSR count). The summed E-state index contributed by atoms with van der Waals surface area (Å²) >= 11 is 0. The summed E-state index contributed by atoms with van der Waals surface area (Å²) in [6.07, 6.45) is 10.9. The fourth-order valence-electron chi connectivity index (χ4n) is 5.13. The summed E-state index contributed by atoms with van der Waals surface area (Å²) in [6.45, 7) is 0. The topological polar surface area (TPSA) is 41.1 Å². The molecule has 3 nitrogen and oxygen atoms in total. The molecular weight excluding hydrogens is 404 g/mol. The number of carbonyl (C=O) groups excluding carboxylic acids is 1. The van der Waals surface area contributed by atoms with Crippen molar-refractivity contribution in [2.45, 2.75) is 69.4 Å². The molecule has 2 aliphatic carbocycles. The van der Waals surface area contributed by atoms with Crippen LogP contribution in [-0.2, 0) is 0 Å². The lowest BCUT2D eigenvalue weighted by molar-refractivity contribution is 0.102. The van der Waals surface area contributed by atoms with Crippen LogP contribution in [0, 0.1) is 0 Å². The van der Waals surface area contributed by atoms with Crippen LogP contribution in [0.25, 0.3) is 11.1 Å². The summed E-state index contributed by atoms with van der Waals surface area (Å²) in [5, 5.41) is 6.96. The SMILES string of the molecule is O=C(Nc1ccc([C@@H]2C[C@H]2NC2CCCCCCC2)cc1)c1ccc(-c2ccccc2)cc1. The average Bonchev–Trinajstić information content (AvgIpc) is 3.61. The first-order valence-corrected chi connectivity index (χ1v) is 12.6. The molecule has 1 amide bonds. The van der Waals surface area contributed by atoms with Crippen LogP contribution in [0.2, 0.25) is 0 Å². The smallest absolute Gasteiger partial charge is 0.255 e. The normalized spacial score (nSPS) is 21.1. The highest BCUT2D eigenvalue weighted by Crippen LogP contribution is 2.42. The van der Waals surface area contributed by atoms with Crippen molar-refractivity contribution < 1.29 is 4.79 Å². The molecule has 33 heavy (non-hydrogen) atoms. The van der Waals surface area contributed by atoms with Gasteiger partial charge in [-0.3, -0.25) is 4.79 Å². The Morgan fingerprint density at radius 1 is 0.697 bits per heavy atom. The number of carbonyl (C=O) groups is 1. The molecular formula is C30H34N2O. The van der Waals surface area contributed by atoms with Crippen LogP contribution in [0.1, 0.15) is 73.2 Å². The highest BCUT2D eigenvalue weighted by Gasteiger charge is 2.39. The van der Waals surface area contributed by atoms with E-state index in [1.54, 1.807) is 0 Å². The maximum atomic E-state index is 12.7. The molecule has 0 spiro atoms. The number of rotatable bonds is 6. The van der Waals surface area contributed by atoms with E-state index in [9.17, 15) is 4.79 Å². The van der Waals surface area contributed by atoms with Crippen molar-refractivity contribution in [3.63, 3.8) is 0 Å². The minimum atomic E-state index is -0.0717. The van der Waals surface area contributed by atoms with Gasteiger partial charge in [0.15, 0.2) is 0 Å². The summed E-state index contributed by atoms with van der Waals surface area (Å²) in [7, 11) is 0. The number of anilines is 1. The van der Waals surface area contributed by atoms with E-state index in [0.717, 1.165) is 16.8 Å². The van der Waals surface area contributed by atoms with Crippen molar-refractivity contribution in [2.24, 2.45) is 0 Å². The van der Waals surface area contributed by atoms with Crippen molar-refractivity contribution in [3.05, 3.63) is 90.0 Å². The van der Waals surface area contributed by atoms with E-state index in [1.807, 2.05) is 54.6 Å². The summed E-state index contributed by atoms with van der Waals surface area (Å²) in [5.41, 5.74) is 5.17. The molecule has 3 heteroatoms. The molecule has 170 valence electrons. The highest BCUT2D eigenvalue weighted by atomic mass is 16.1. The van der Waals surface area contributed by atoms with Crippen molar-refractivity contribution in [1.29, 1.82) is 0 Å². The number of hydrogen-bond donors (Lipinski definition) is 2. The minimum absolute atomic E-state index is 0.0717. The fraction of sp³-hybridized carbons (Fsp3) is 0.367. The van der Waals surface area contributed by atoms with Gasteiger partial charge in [0.1, 0.15) is 0 Å². The van der Waals surface area contributed by atoms with Crippen LogP contribution < -0.4 is 10.6 Å². The lowest BCUT2D eigenvalue weighted by atomic mass is 9.96. The second-order valence-corrected chi connectivity index (χ2v) is 9.68. The highest BCUT2D eigenvalue weighted by molar-refractivity contribution is 6.04. The zero-order valence-electron chi connectivity index (χ0n) is 19.3. The van der Waals surface area contributed by atoms with Gasteiger partial charge in [-0.2, -0.15) is 0 Å². The zero-order chi connectivity index (χ0) is 22.5. The van der Waals surface area contributed by atoms with E-state index in [0.29, 0.717) is 23.6 Å². The van der Waals surface area contributed by atoms with Gasteiger partial charge in [0.2, 0.25) is 0 Å². The Balaban J connectivity index is 1.14. The third-order valence-corrected chi connectivity index (χ3v) is 7.20. The molecule has 0 unspecified atom stereocenters. The quantitative estimate of drug-likeness (QED) is 0.428. The third-order valence-electron chi connectivity index (χ3n) is 7.20. The first-order chi connectivity index (χ1) is 16.3. The first-order valence-electron chi connectivity index (χ1n) is 12.6. The van der Waals surface area contributed by atoms with Crippen LogP contribution >= 0.6 is 0 Å². The lowest BCUT2D eigenvalue weighted by Crippen LogP contribution is -2.32. The van der Waals surface area contributed by atoms with Gasteiger partial charge < -0.3 is 10.6 Å². The minimum Gasteiger partial charge on any atom is -0.322 e. The van der Waals surface area contributed by atoms with Crippen LogP contribution in [0.5, 0.6) is 0 Å². The molecule has 3 aromatic rings. The van der Waals surface area contributed by atoms with Gasteiger partial charge in [-0.15, -0.1) is 0 Å². The number of amides is 1. The van der Waals surface area contributed by atoms with E-state index in [4.69, 9.17) is 0 Å². The number of nitrogens with one attached hydrogen (secondary N) is 2. The Morgan fingerprint density at radius 2 is 1.33 bits per heavy atom. The van der Waals surface area contributed by atoms with Gasteiger partial charge >= 0.3 is 0 Å². The molecule has 0 saturated heterocycles. The molecule has 2 atom stereocenters. The molecule has 2 saturated carbocycles.